The molecule has 1 heterocycles. The molecule has 1 aromatic rings. The highest BCUT2D eigenvalue weighted by atomic mass is 127. The molecular formula is C9H12ClIN2. The van der Waals surface area contributed by atoms with Crippen LogP contribution >= 0.6 is 34.2 Å². The van der Waals surface area contributed by atoms with Gasteiger partial charge in [0.1, 0.15) is 11.0 Å². The highest BCUT2D eigenvalue weighted by molar-refractivity contribution is 14.1. The summed E-state index contributed by atoms with van der Waals surface area (Å²) in [6, 6.07) is 0. The lowest BCUT2D eigenvalue weighted by Crippen LogP contribution is -2.12. The van der Waals surface area contributed by atoms with Gasteiger partial charge in [0, 0.05) is 12.6 Å². The van der Waals surface area contributed by atoms with E-state index < -0.39 is 0 Å². The fraction of sp³-hybridized carbons (Fsp3) is 0.556. The van der Waals surface area contributed by atoms with Crippen molar-refractivity contribution in [2.75, 3.05) is 0 Å². The van der Waals surface area contributed by atoms with Crippen molar-refractivity contribution in [3.63, 3.8) is 0 Å². The summed E-state index contributed by atoms with van der Waals surface area (Å²) in [5.41, 5.74) is 0.204. The second kappa shape index (κ2) is 4.09. The minimum absolute atomic E-state index is 0.204. The number of aromatic nitrogens is 2. The molecule has 0 aliphatic rings. The van der Waals surface area contributed by atoms with Crippen molar-refractivity contribution in [1.29, 1.82) is 0 Å². The van der Waals surface area contributed by atoms with Crippen LogP contribution in [0.15, 0.2) is 6.20 Å². The van der Waals surface area contributed by atoms with Crippen molar-refractivity contribution >= 4 is 34.2 Å². The van der Waals surface area contributed by atoms with Crippen molar-refractivity contribution in [3.05, 3.63) is 20.7 Å². The summed E-state index contributed by atoms with van der Waals surface area (Å²) < 4.78 is 0.900. The van der Waals surface area contributed by atoms with Gasteiger partial charge in [-0.05, 0) is 28.0 Å². The molecule has 0 aliphatic heterocycles. The van der Waals surface area contributed by atoms with E-state index in [4.69, 9.17) is 11.6 Å². The third kappa shape index (κ3) is 3.77. The molecule has 72 valence electrons. The Kier molecular flexibility index (Phi) is 3.51. The second-order valence-electron chi connectivity index (χ2n) is 4.16. The summed E-state index contributed by atoms with van der Waals surface area (Å²) in [7, 11) is 0. The van der Waals surface area contributed by atoms with Crippen LogP contribution < -0.4 is 0 Å². The third-order valence-electron chi connectivity index (χ3n) is 1.44. The molecule has 0 N–H and O–H groups in total. The molecule has 0 unspecified atom stereocenters. The van der Waals surface area contributed by atoms with Crippen LogP contribution in [0.2, 0.25) is 5.15 Å². The lowest BCUT2D eigenvalue weighted by molar-refractivity contribution is 0.400. The number of hydrogen-bond acceptors (Lipinski definition) is 2. The fourth-order valence-electron chi connectivity index (χ4n) is 0.940. The summed E-state index contributed by atoms with van der Waals surface area (Å²) >= 11 is 8.01. The molecule has 0 amide bonds. The monoisotopic (exact) mass is 310 g/mol. The number of rotatable bonds is 1. The van der Waals surface area contributed by atoms with Gasteiger partial charge in [-0.15, -0.1) is 0 Å². The van der Waals surface area contributed by atoms with Crippen LogP contribution in [0.5, 0.6) is 0 Å². The first-order valence-corrected chi connectivity index (χ1v) is 5.51. The van der Waals surface area contributed by atoms with E-state index in [1.807, 2.05) is 0 Å². The lowest BCUT2D eigenvalue weighted by Gasteiger charge is -2.16. The van der Waals surface area contributed by atoms with Gasteiger partial charge < -0.3 is 0 Å². The largest absolute Gasteiger partial charge is 0.240 e. The zero-order chi connectivity index (χ0) is 10.1. The summed E-state index contributed by atoms with van der Waals surface area (Å²) in [6.45, 7) is 6.46. The molecule has 0 aliphatic carbocycles. The number of nitrogens with zero attached hydrogens (tertiary/aromatic N) is 2. The summed E-state index contributed by atoms with van der Waals surface area (Å²) in [6.07, 6.45) is 2.61. The molecule has 0 fully saturated rings. The zero-order valence-corrected chi connectivity index (χ0v) is 10.8. The predicted octanol–water partition coefficient (Wildman–Crippen LogP) is 3.32. The first kappa shape index (κ1) is 11.2. The quantitative estimate of drug-likeness (QED) is 0.587. The standard InChI is InChI=1S/C9H12ClIN2/c1-9(2,3)4-7-12-5-6(11)8(10)13-7/h5H,4H2,1-3H3. The summed E-state index contributed by atoms with van der Waals surface area (Å²) in [5.74, 6) is 0.818. The highest BCUT2D eigenvalue weighted by Gasteiger charge is 2.13. The Hall–Kier alpha value is 0.1000. The Balaban J connectivity index is 2.86. The highest BCUT2D eigenvalue weighted by Crippen LogP contribution is 2.20. The fourth-order valence-corrected chi connectivity index (χ4v) is 1.35. The van der Waals surface area contributed by atoms with E-state index in [9.17, 15) is 0 Å². The van der Waals surface area contributed by atoms with Crippen molar-refractivity contribution in [3.8, 4) is 0 Å². The smallest absolute Gasteiger partial charge is 0.146 e. The molecule has 0 radical (unpaired) electrons. The summed E-state index contributed by atoms with van der Waals surface area (Å²) in [4.78, 5) is 8.43. The van der Waals surface area contributed by atoms with Gasteiger partial charge in [0.05, 0.1) is 3.57 Å². The van der Waals surface area contributed by atoms with E-state index in [-0.39, 0.29) is 5.41 Å². The maximum Gasteiger partial charge on any atom is 0.146 e. The lowest BCUT2D eigenvalue weighted by atomic mass is 9.92. The van der Waals surface area contributed by atoms with Gasteiger partial charge in [0.25, 0.3) is 0 Å². The van der Waals surface area contributed by atoms with Crippen molar-refractivity contribution in [2.45, 2.75) is 27.2 Å². The SMILES string of the molecule is CC(C)(C)Cc1ncc(I)c(Cl)n1. The number of halogens is 2. The first-order valence-electron chi connectivity index (χ1n) is 4.05. The van der Waals surface area contributed by atoms with Gasteiger partial charge in [0.2, 0.25) is 0 Å². The van der Waals surface area contributed by atoms with Crippen LogP contribution in [0.3, 0.4) is 0 Å². The van der Waals surface area contributed by atoms with E-state index in [2.05, 4.69) is 53.3 Å². The zero-order valence-electron chi connectivity index (χ0n) is 7.93. The average Bonchev–Trinajstić information content (AvgIpc) is 1.94. The molecule has 0 bridgehead atoms. The third-order valence-corrected chi connectivity index (χ3v) is 2.84. The molecule has 0 spiro atoms. The molecule has 0 aromatic carbocycles. The molecule has 1 rings (SSSR count). The van der Waals surface area contributed by atoms with E-state index in [0.717, 1.165) is 15.8 Å². The molecule has 4 heteroatoms. The molecule has 0 atom stereocenters. The second-order valence-corrected chi connectivity index (χ2v) is 5.68. The minimum atomic E-state index is 0.204. The van der Waals surface area contributed by atoms with Crippen molar-refractivity contribution in [2.24, 2.45) is 5.41 Å². The van der Waals surface area contributed by atoms with Crippen LogP contribution in [-0.2, 0) is 6.42 Å². The van der Waals surface area contributed by atoms with Crippen LogP contribution in [0.1, 0.15) is 26.6 Å². The first-order chi connectivity index (χ1) is 5.88. The van der Waals surface area contributed by atoms with Crippen molar-refractivity contribution in [1.82, 2.24) is 9.97 Å². The van der Waals surface area contributed by atoms with Gasteiger partial charge in [-0.1, -0.05) is 32.4 Å². The van der Waals surface area contributed by atoms with Crippen LogP contribution in [0.25, 0.3) is 0 Å². The predicted molar refractivity (Wildman–Crippen MR) is 62.9 cm³/mol. The van der Waals surface area contributed by atoms with Gasteiger partial charge in [-0.25, -0.2) is 9.97 Å². The normalized spacial score (nSPS) is 11.8. The van der Waals surface area contributed by atoms with Crippen LogP contribution in [0.4, 0.5) is 0 Å². The molecule has 13 heavy (non-hydrogen) atoms. The molecule has 0 saturated carbocycles. The Morgan fingerprint density at radius 3 is 2.54 bits per heavy atom. The maximum absolute atomic E-state index is 5.88. The minimum Gasteiger partial charge on any atom is -0.240 e. The molecular weight excluding hydrogens is 298 g/mol. The topological polar surface area (TPSA) is 25.8 Å². The van der Waals surface area contributed by atoms with E-state index in [1.165, 1.54) is 0 Å². The van der Waals surface area contributed by atoms with Gasteiger partial charge in [-0.3, -0.25) is 0 Å². The maximum atomic E-state index is 5.88. The van der Waals surface area contributed by atoms with Crippen molar-refractivity contribution < 1.29 is 0 Å². The number of hydrogen-bond donors (Lipinski definition) is 0. The van der Waals surface area contributed by atoms with E-state index >= 15 is 0 Å². The van der Waals surface area contributed by atoms with E-state index in [1.54, 1.807) is 6.20 Å². The summed E-state index contributed by atoms with van der Waals surface area (Å²) in [5, 5.41) is 0.551. The Bertz CT molecular complexity index is 307. The Morgan fingerprint density at radius 1 is 1.46 bits per heavy atom. The van der Waals surface area contributed by atoms with E-state index in [0.29, 0.717) is 5.15 Å². The molecule has 1 aromatic heterocycles. The van der Waals surface area contributed by atoms with Gasteiger partial charge in [0.15, 0.2) is 0 Å². The van der Waals surface area contributed by atoms with Crippen LogP contribution in [0, 0.1) is 8.99 Å². The Labute approximate surface area is 97.3 Å². The van der Waals surface area contributed by atoms with Gasteiger partial charge >= 0.3 is 0 Å². The average molecular weight is 311 g/mol. The molecule has 2 nitrogen and oxygen atoms in total. The molecule has 0 saturated heterocycles. The Morgan fingerprint density at radius 2 is 2.08 bits per heavy atom. The van der Waals surface area contributed by atoms with Crippen LogP contribution in [-0.4, -0.2) is 9.97 Å². The van der Waals surface area contributed by atoms with Gasteiger partial charge in [-0.2, -0.15) is 0 Å².